The van der Waals surface area contributed by atoms with Crippen molar-refractivity contribution in [2.75, 3.05) is 37.8 Å². The van der Waals surface area contributed by atoms with Gasteiger partial charge in [0.25, 0.3) is 0 Å². The van der Waals surface area contributed by atoms with Gasteiger partial charge in [-0.15, -0.1) is 11.8 Å². The van der Waals surface area contributed by atoms with Gasteiger partial charge in [-0.1, -0.05) is 6.07 Å². The maximum absolute atomic E-state index is 15.1. The van der Waals surface area contributed by atoms with Crippen LogP contribution in [0.1, 0.15) is 23.7 Å². The number of piperidine rings is 1. The number of halogens is 1. The summed E-state index contributed by atoms with van der Waals surface area (Å²) in [5, 5.41) is 18.1. The van der Waals surface area contributed by atoms with E-state index in [1.807, 2.05) is 47.4 Å². The first kappa shape index (κ1) is 24.0. The Hall–Kier alpha value is -2.72. The zero-order valence-electron chi connectivity index (χ0n) is 19.5. The van der Waals surface area contributed by atoms with Crippen molar-refractivity contribution >= 4 is 34.3 Å². The number of fused-ring (bicyclic) bond motifs is 2. The van der Waals surface area contributed by atoms with Crippen LogP contribution >= 0.6 is 11.8 Å². The number of pyridine rings is 1. The Balaban J connectivity index is 1.17. The number of carbonyl (C=O) groups is 1. The summed E-state index contributed by atoms with van der Waals surface area (Å²) in [6.07, 6.45) is 0.536. The number of rotatable bonds is 7. The fraction of sp³-hybridized carbons (Fsp3) is 0.385. The number of nitrogens with one attached hydrogen (secondary N) is 2. The highest BCUT2D eigenvalue weighted by atomic mass is 32.2. The van der Waals surface area contributed by atoms with E-state index in [2.05, 4.69) is 15.6 Å². The lowest BCUT2D eigenvalue weighted by Crippen LogP contribution is -2.51. The van der Waals surface area contributed by atoms with Crippen LogP contribution in [0.4, 0.5) is 10.1 Å². The molecule has 7 nitrogen and oxygen atoms in total. The van der Waals surface area contributed by atoms with E-state index in [1.54, 1.807) is 13.3 Å². The van der Waals surface area contributed by atoms with Crippen LogP contribution in [0.5, 0.6) is 5.75 Å². The number of hydrogen-bond donors (Lipinski definition) is 3. The number of alkyl halides is 1. The third-order valence-electron chi connectivity index (χ3n) is 6.64. The summed E-state index contributed by atoms with van der Waals surface area (Å²) in [5.74, 6) is 1.15. The van der Waals surface area contributed by atoms with E-state index in [0.717, 1.165) is 32.6 Å². The van der Waals surface area contributed by atoms with E-state index in [0.29, 0.717) is 37.6 Å². The van der Waals surface area contributed by atoms with Crippen LogP contribution in [-0.2, 0) is 11.3 Å². The summed E-state index contributed by atoms with van der Waals surface area (Å²) < 4.78 is 20.4. The van der Waals surface area contributed by atoms with E-state index in [4.69, 9.17) is 4.74 Å². The predicted octanol–water partition coefficient (Wildman–Crippen LogP) is 3.52. The lowest BCUT2D eigenvalue weighted by molar-refractivity contribution is -0.113. The van der Waals surface area contributed by atoms with E-state index < -0.39 is 12.3 Å². The zero-order chi connectivity index (χ0) is 24.4. The number of carbonyl (C=O) groups excluding carboxylic acids is 1. The fourth-order valence-corrected chi connectivity index (χ4v) is 5.55. The number of thioether (sulfide) groups is 1. The van der Waals surface area contributed by atoms with E-state index >= 15 is 4.39 Å². The van der Waals surface area contributed by atoms with Crippen molar-refractivity contribution in [1.29, 1.82) is 0 Å². The van der Waals surface area contributed by atoms with Gasteiger partial charge in [-0.25, -0.2) is 4.39 Å². The smallest absolute Gasteiger partial charge is 0.234 e. The van der Waals surface area contributed by atoms with Gasteiger partial charge in [-0.05, 0) is 60.5 Å². The number of hydrogen-bond acceptors (Lipinski definition) is 7. The first-order chi connectivity index (χ1) is 17.0. The number of aliphatic hydroxyl groups excluding tert-OH is 1. The molecule has 1 amide bonds. The molecule has 0 radical (unpaired) electrons. The normalized spacial score (nSPS) is 21.4. The van der Waals surface area contributed by atoms with Crippen molar-refractivity contribution in [3.8, 4) is 5.75 Å². The summed E-state index contributed by atoms with van der Waals surface area (Å²) in [6, 6.07) is 13.1. The maximum atomic E-state index is 15.1. The predicted molar refractivity (Wildman–Crippen MR) is 136 cm³/mol. The third kappa shape index (κ3) is 5.43. The van der Waals surface area contributed by atoms with Crippen LogP contribution in [-0.4, -0.2) is 65.6 Å². The number of anilines is 1. The molecule has 35 heavy (non-hydrogen) atoms. The molecular formula is C26H29FN4O3S. The summed E-state index contributed by atoms with van der Waals surface area (Å²) in [4.78, 5) is 19.1. The van der Waals surface area contributed by atoms with Gasteiger partial charge < -0.3 is 20.5 Å². The van der Waals surface area contributed by atoms with Crippen LogP contribution < -0.4 is 15.4 Å². The molecule has 9 heteroatoms. The molecule has 1 aromatic heterocycles. The van der Waals surface area contributed by atoms with Crippen molar-refractivity contribution in [3.05, 3.63) is 59.8 Å². The Morgan fingerprint density at radius 1 is 1.31 bits per heavy atom. The van der Waals surface area contributed by atoms with Crippen LogP contribution in [0.2, 0.25) is 0 Å². The Labute approximate surface area is 208 Å². The Bertz CT molecular complexity index is 1230. The Kier molecular flexibility index (Phi) is 7.19. The molecule has 3 heterocycles. The molecule has 0 aliphatic carbocycles. The Morgan fingerprint density at radius 2 is 2.20 bits per heavy atom. The molecule has 1 saturated heterocycles. The van der Waals surface area contributed by atoms with Gasteiger partial charge in [-0.2, -0.15) is 0 Å². The molecular weight excluding hydrogens is 467 g/mol. The third-order valence-corrected chi connectivity index (χ3v) is 7.72. The second-order valence-corrected chi connectivity index (χ2v) is 10.0. The van der Waals surface area contributed by atoms with Crippen LogP contribution in [0, 0.1) is 0 Å². The van der Waals surface area contributed by atoms with Crippen LogP contribution in [0.25, 0.3) is 10.9 Å². The SMILES string of the molecule is COc1ccc2nccc([C@@H](O)CN3CC[C@@H](NCc4ccc5c(c4)NC(=O)CS5)[C@@H](F)C3)c2c1. The van der Waals surface area contributed by atoms with Gasteiger partial charge in [0.1, 0.15) is 11.9 Å². The quantitative estimate of drug-likeness (QED) is 0.461. The second kappa shape index (κ2) is 10.5. The largest absolute Gasteiger partial charge is 0.497 e. The number of benzene rings is 2. The number of β-amino-alcohol motifs (C(OH)–C–C–N with tert-alkyl or cyclic N) is 1. The maximum Gasteiger partial charge on any atom is 0.234 e. The molecule has 5 rings (SSSR count). The molecule has 1 fully saturated rings. The molecule has 2 aromatic carbocycles. The molecule has 184 valence electrons. The van der Waals surface area contributed by atoms with Crippen molar-refractivity contribution < 1.29 is 19.0 Å². The van der Waals surface area contributed by atoms with Crippen molar-refractivity contribution in [2.45, 2.75) is 36.2 Å². The van der Waals surface area contributed by atoms with Crippen LogP contribution in [0.3, 0.4) is 0 Å². The number of aliphatic hydroxyl groups is 1. The minimum Gasteiger partial charge on any atom is -0.497 e. The fourth-order valence-electron chi connectivity index (χ4n) is 4.76. The lowest BCUT2D eigenvalue weighted by Gasteiger charge is -2.36. The highest BCUT2D eigenvalue weighted by Crippen LogP contribution is 2.32. The van der Waals surface area contributed by atoms with Crippen molar-refractivity contribution in [2.24, 2.45) is 0 Å². The minimum absolute atomic E-state index is 0.00453. The molecule has 0 bridgehead atoms. The minimum atomic E-state index is -1.04. The summed E-state index contributed by atoms with van der Waals surface area (Å²) in [6.45, 7) is 1.84. The number of nitrogens with zero attached hydrogens (tertiary/aromatic N) is 2. The van der Waals surface area contributed by atoms with E-state index in [1.165, 1.54) is 11.8 Å². The first-order valence-corrected chi connectivity index (χ1v) is 12.7. The number of methoxy groups -OCH3 is 1. The van der Waals surface area contributed by atoms with Gasteiger partial charge >= 0.3 is 0 Å². The molecule has 0 saturated carbocycles. The van der Waals surface area contributed by atoms with Gasteiger partial charge in [0, 0.05) is 42.2 Å². The average molecular weight is 497 g/mol. The highest BCUT2D eigenvalue weighted by Gasteiger charge is 2.30. The lowest BCUT2D eigenvalue weighted by atomic mass is 9.99. The van der Waals surface area contributed by atoms with Gasteiger partial charge in [0.2, 0.25) is 5.91 Å². The Morgan fingerprint density at radius 3 is 3.03 bits per heavy atom. The van der Waals surface area contributed by atoms with Crippen LogP contribution in [0.15, 0.2) is 53.6 Å². The van der Waals surface area contributed by atoms with E-state index in [-0.39, 0.29) is 18.5 Å². The molecule has 2 aliphatic rings. The molecule has 0 unspecified atom stereocenters. The summed E-state index contributed by atoms with van der Waals surface area (Å²) >= 11 is 1.53. The standard InChI is InChI=1S/C26H29FN4O3S/c1-34-17-3-4-21-19(11-17)18(6-8-28-21)24(32)14-31-9-7-22(20(27)13-31)29-12-16-2-5-25-23(10-16)30-26(33)15-35-25/h2-6,8,10-11,20,22,24,29,32H,7,9,12-15H2,1H3,(H,30,33)/t20-,22+,24-/m0/s1. The number of amides is 1. The van der Waals surface area contributed by atoms with Gasteiger partial charge in [-0.3, -0.25) is 14.7 Å². The number of likely N-dealkylation sites (tertiary alicyclic amines) is 1. The van der Waals surface area contributed by atoms with E-state index in [9.17, 15) is 9.90 Å². The van der Waals surface area contributed by atoms with Gasteiger partial charge in [0.05, 0.1) is 30.2 Å². The number of ether oxygens (including phenoxy) is 1. The highest BCUT2D eigenvalue weighted by molar-refractivity contribution is 8.00. The summed E-state index contributed by atoms with van der Waals surface area (Å²) in [7, 11) is 1.61. The van der Waals surface area contributed by atoms with Crippen molar-refractivity contribution in [1.82, 2.24) is 15.2 Å². The molecule has 3 N–H and O–H groups in total. The van der Waals surface area contributed by atoms with Gasteiger partial charge in [0.15, 0.2) is 0 Å². The topological polar surface area (TPSA) is 86.7 Å². The number of aromatic nitrogens is 1. The first-order valence-electron chi connectivity index (χ1n) is 11.8. The molecule has 3 atom stereocenters. The second-order valence-electron chi connectivity index (χ2n) is 9.02. The summed E-state index contributed by atoms with van der Waals surface area (Å²) in [5.41, 5.74) is 3.39. The molecule has 3 aromatic rings. The molecule has 2 aliphatic heterocycles. The zero-order valence-corrected chi connectivity index (χ0v) is 20.4. The average Bonchev–Trinajstić information content (AvgIpc) is 2.87. The molecule has 0 spiro atoms. The monoisotopic (exact) mass is 496 g/mol. The van der Waals surface area contributed by atoms with Crippen molar-refractivity contribution in [3.63, 3.8) is 0 Å².